The summed E-state index contributed by atoms with van der Waals surface area (Å²) in [5.74, 6) is -5.45. The number of ether oxygens (including phenoxy) is 2. The van der Waals surface area contributed by atoms with Crippen LogP contribution in [0.25, 0.3) is 0 Å². The van der Waals surface area contributed by atoms with Crippen LogP contribution in [0.15, 0.2) is 36.4 Å². The van der Waals surface area contributed by atoms with Gasteiger partial charge in [-0.05, 0) is 42.3 Å². The summed E-state index contributed by atoms with van der Waals surface area (Å²) in [4.78, 5) is 16.4. The molecule has 9 heteroatoms. The number of nitrogens with zero attached hydrogens (tertiary/aromatic N) is 2. The van der Waals surface area contributed by atoms with E-state index in [9.17, 15) is 22.4 Å². The van der Waals surface area contributed by atoms with Gasteiger partial charge in [0.1, 0.15) is 0 Å². The lowest BCUT2D eigenvalue weighted by Gasteiger charge is -2.43. The largest absolute Gasteiger partial charge is 0.347 e. The van der Waals surface area contributed by atoms with Crippen LogP contribution in [-0.2, 0) is 16.0 Å². The highest BCUT2D eigenvalue weighted by molar-refractivity contribution is 5.94. The number of benzene rings is 2. The summed E-state index contributed by atoms with van der Waals surface area (Å²) in [6, 6.07) is 6.82. The lowest BCUT2D eigenvalue weighted by Crippen LogP contribution is -2.59. The summed E-state index contributed by atoms with van der Waals surface area (Å²) < 4.78 is 65.5. The van der Waals surface area contributed by atoms with Crippen LogP contribution in [-0.4, -0.2) is 60.9 Å². The Morgan fingerprint density at radius 2 is 1.58 bits per heavy atom. The van der Waals surface area contributed by atoms with Crippen molar-refractivity contribution in [1.82, 2.24) is 9.80 Å². The first kappa shape index (κ1) is 21.7. The van der Waals surface area contributed by atoms with E-state index in [-0.39, 0.29) is 25.3 Å². The number of amides is 1. The smallest absolute Gasteiger partial charge is 0.254 e. The van der Waals surface area contributed by atoms with Crippen LogP contribution in [0.3, 0.4) is 0 Å². The fourth-order valence-electron chi connectivity index (χ4n) is 3.97. The van der Waals surface area contributed by atoms with Gasteiger partial charge in [0.15, 0.2) is 29.1 Å². The van der Waals surface area contributed by atoms with Crippen molar-refractivity contribution in [2.75, 3.05) is 39.4 Å². The van der Waals surface area contributed by atoms with Crippen molar-refractivity contribution in [2.45, 2.75) is 18.8 Å². The molecule has 2 fully saturated rings. The third-order valence-electron chi connectivity index (χ3n) is 5.45. The maximum atomic E-state index is 13.6. The summed E-state index contributed by atoms with van der Waals surface area (Å²) in [6.45, 7) is 2.35. The van der Waals surface area contributed by atoms with Gasteiger partial charge in [-0.25, -0.2) is 17.6 Å². The molecule has 1 atom stereocenters. The number of hydrogen-bond acceptors (Lipinski definition) is 4. The van der Waals surface area contributed by atoms with Gasteiger partial charge in [-0.2, -0.15) is 0 Å². The zero-order chi connectivity index (χ0) is 22.0. The number of morpholine rings is 1. The molecule has 4 rings (SSSR count). The Kier molecular flexibility index (Phi) is 6.27. The van der Waals surface area contributed by atoms with E-state index in [4.69, 9.17) is 9.47 Å². The zero-order valence-corrected chi connectivity index (χ0v) is 16.8. The van der Waals surface area contributed by atoms with Crippen LogP contribution < -0.4 is 0 Å². The molecule has 0 aromatic heterocycles. The fourth-order valence-corrected chi connectivity index (χ4v) is 3.97. The molecule has 2 aliphatic rings. The molecule has 166 valence electrons. The van der Waals surface area contributed by atoms with Gasteiger partial charge in [0.2, 0.25) is 0 Å². The third-order valence-corrected chi connectivity index (χ3v) is 5.45. The number of carbonyl (C=O) groups is 1. The van der Waals surface area contributed by atoms with Crippen molar-refractivity contribution in [3.8, 4) is 0 Å². The molecule has 0 bridgehead atoms. The van der Waals surface area contributed by atoms with E-state index in [1.165, 1.54) is 17.0 Å². The molecule has 1 unspecified atom stereocenters. The highest BCUT2D eigenvalue weighted by atomic mass is 19.2. The van der Waals surface area contributed by atoms with Gasteiger partial charge < -0.3 is 14.4 Å². The van der Waals surface area contributed by atoms with Gasteiger partial charge in [0, 0.05) is 25.2 Å². The van der Waals surface area contributed by atoms with Crippen molar-refractivity contribution in [1.29, 1.82) is 0 Å². The standard InChI is InChI=1S/C22H22F4N2O3/c23-17-4-2-15(10-19(17)25)12-27-6-1-8-30-22(13-27)14-28(7-9-31-22)21(29)16-3-5-18(24)20(26)11-16/h2-5,10-11H,1,6-9,12-14H2. The first-order valence-electron chi connectivity index (χ1n) is 10.0. The summed E-state index contributed by atoms with van der Waals surface area (Å²) >= 11 is 0. The molecule has 2 aromatic rings. The summed E-state index contributed by atoms with van der Waals surface area (Å²) in [5, 5.41) is 0. The van der Waals surface area contributed by atoms with E-state index in [1.807, 2.05) is 4.90 Å². The normalized spacial score (nSPS) is 22.5. The predicted molar refractivity (Wildman–Crippen MR) is 103 cm³/mol. The minimum atomic E-state index is -1.10. The first-order valence-corrected chi connectivity index (χ1v) is 10.0. The second-order valence-electron chi connectivity index (χ2n) is 7.78. The van der Waals surface area contributed by atoms with Crippen molar-refractivity contribution >= 4 is 5.91 Å². The monoisotopic (exact) mass is 438 g/mol. The second kappa shape index (κ2) is 8.94. The Hall–Kier alpha value is -2.49. The lowest BCUT2D eigenvalue weighted by atomic mass is 10.1. The molecule has 2 aliphatic heterocycles. The number of carbonyl (C=O) groups excluding carboxylic acids is 1. The van der Waals surface area contributed by atoms with Crippen molar-refractivity contribution in [2.24, 2.45) is 0 Å². The van der Waals surface area contributed by atoms with Gasteiger partial charge in [-0.1, -0.05) is 6.07 Å². The van der Waals surface area contributed by atoms with E-state index in [0.717, 1.165) is 24.3 Å². The predicted octanol–water partition coefficient (Wildman–Crippen LogP) is 3.33. The number of rotatable bonds is 3. The van der Waals surface area contributed by atoms with E-state index < -0.39 is 35.0 Å². The molecule has 31 heavy (non-hydrogen) atoms. The molecule has 0 N–H and O–H groups in total. The van der Waals surface area contributed by atoms with Crippen LogP contribution >= 0.6 is 0 Å². The topological polar surface area (TPSA) is 42.0 Å². The quantitative estimate of drug-likeness (QED) is 0.690. The molecule has 0 aliphatic carbocycles. The van der Waals surface area contributed by atoms with Crippen molar-refractivity contribution < 1.29 is 31.8 Å². The summed E-state index contributed by atoms with van der Waals surface area (Å²) in [6.07, 6.45) is 0.700. The van der Waals surface area contributed by atoms with Crippen molar-refractivity contribution in [3.05, 3.63) is 70.8 Å². The minimum absolute atomic E-state index is 0.0446. The highest BCUT2D eigenvalue weighted by Crippen LogP contribution is 2.26. The Morgan fingerprint density at radius 1 is 0.871 bits per heavy atom. The molecular formula is C22H22F4N2O3. The second-order valence-corrected chi connectivity index (χ2v) is 7.78. The molecule has 0 radical (unpaired) electrons. The fraction of sp³-hybridized carbons (Fsp3) is 0.409. The van der Waals surface area contributed by atoms with Gasteiger partial charge in [-0.15, -0.1) is 0 Å². The van der Waals surface area contributed by atoms with E-state index >= 15 is 0 Å². The molecule has 1 amide bonds. The van der Waals surface area contributed by atoms with Crippen LogP contribution in [0, 0.1) is 23.3 Å². The third kappa shape index (κ3) is 4.89. The van der Waals surface area contributed by atoms with Gasteiger partial charge >= 0.3 is 0 Å². The van der Waals surface area contributed by atoms with E-state index in [1.54, 1.807) is 0 Å². The SMILES string of the molecule is O=C(c1ccc(F)c(F)c1)N1CCOC2(CN(Cc3ccc(F)c(F)c3)CCCO2)C1. The summed E-state index contributed by atoms with van der Waals surface area (Å²) in [5.41, 5.74) is 0.657. The molecule has 0 saturated carbocycles. The van der Waals surface area contributed by atoms with Gasteiger partial charge in [0.05, 0.1) is 26.3 Å². The molecule has 5 nitrogen and oxygen atoms in total. The van der Waals surface area contributed by atoms with Crippen LogP contribution in [0.4, 0.5) is 17.6 Å². The molecule has 2 heterocycles. The van der Waals surface area contributed by atoms with Crippen LogP contribution in [0.2, 0.25) is 0 Å². The number of halogens is 4. The Labute approximate surface area is 177 Å². The van der Waals surface area contributed by atoms with Gasteiger partial charge in [0.25, 0.3) is 5.91 Å². The van der Waals surface area contributed by atoms with Crippen molar-refractivity contribution in [3.63, 3.8) is 0 Å². The van der Waals surface area contributed by atoms with E-state index in [0.29, 0.717) is 38.2 Å². The average Bonchev–Trinajstić information content (AvgIpc) is 2.94. The van der Waals surface area contributed by atoms with Crippen LogP contribution in [0.1, 0.15) is 22.3 Å². The Balaban J connectivity index is 1.49. The molecule has 2 saturated heterocycles. The Morgan fingerprint density at radius 3 is 2.32 bits per heavy atom. The Bertz CT molecular complexity index is 974. The summed E-state index contributed by atoms with van der Waals surface area (Å²) in [7, 11) is 0. The maximum Gasteiger partial charge on any atom is 0.254 e. The van der Waals surface area contributed by atoms with E-state index in [2.05, 4.69) is 0 Å². The zero-order valence-electron chi connectivity index (χ0n) is 16.8. The lowest BCUT2D eigenvalue weighted by molar-refractivity contribution is -0.261. The minimum Gasteiger partial charge on any atom is -0.347 e. The highest BCUT2D eigenvalue weighted by Gasteiger charge is 2.42. The number of hydrogen-bond donors (Lipinski definition) is 0. The molecular weight excluding hydrogens is 416 g/mol. The average molecular weight is 438 g/mol. The maximum absolute atomic E-state index is 13.6. The molecule has 1 spiro atoms. The molecule has 2 aromatic carbocycles. The first-order chi connectivity index (χ1) is 14.8. The van der Waals surface area contributed by atoms with Gasteiger partial charge in [-0.3, -0.25) is 9.69 Å². The van der Waals surface area contributed by atoms with Crippen LogP contribution in [0.5, 0.6) is 0 Å².